The molecular weight excluding hydrogens is 338 g/mol. The second-order valence-electron chi connectivity index (χ2n) is 7.12. The lowest BCUT2D eigenvalue weighted by Gasteiger charge is -2.30. The summed E-state index contributed by atoms with van der Waals surface area (Å²) in [7, 11) is 0. The van der Waals surface area contributed by atoms with Gasteiger partial charge in [-0.2, -0.15) is 0 Å². The van der Waals surface area contributed by atoms with Crippen molar-refractivity contribution in [2.24, 2.45) is 0 Å². The van der Waals surface area contributed by atoms with Crippen LogP contribution in [0.4, 0.5) is 0 Å². The Morgan fingerprint density at radius 1 is 0.692 bits per heavy atom. The van der Waals surface area contributed by atoms with Gasteiger partial charge in [-0.25, -0.2) is 0 Å². The van der Waals surface area contributed by atoms with E-state index in [4.69, 9.17) is 11.6 Å². The number of hydrogen-bond donors (Lipinski definition) is 1. The first-order chi connectivity index (χ1) is 12.8. The van der Waals surface area contributed by atoms with Crippen LogP contribution in [0.1, 0.15) is 47.1 Å². The first-order valence-corrected chi connectivity index (χ1v) is 9.60. The molecule has 2 unspecified atom stereocenters. The van der Waals surface area contributed by atoms with Crippen LogP contribution in [0.2, 0.25) is 5.02 Å². The summed E-state index contributed by atoms with van der Waals surface area (Å²) >= 11 is 6.53. The van der Waals surface area contributed by atoms with Gasteiger partial charge in [-0.3, -0.25) is 0 Å². The predicted octanol–water partition coefficient (Wildman–Crippen LogP) is 6.88. The van der Waals surface area contributed by atoms with Crippen LogP contribution in [-0.2, 0) is 0 Å². The van der Waals surface area contributed by atoms with Crippen molar-refractivity contribution in [1.82, 2.24) is 4.98 Å². The van der Waals surface area contributed by atoms with E-state index in [1.54, 1.807) is 0 Å². The molecule has 0 radical (unpaired) electrons. The molecule has 0 fully saturated rings. The smallest absolute Gasteiger partial charge is 0.0648 e. The fourth-order valence-electron chi connectivity index (χ4n) is 4.53. The highest BCUT2D eigenvalue weighted by Crippen LogP contribution is 2.48. The van der Waals surface area contributed by atoms with Crippen LogP contribution >= 0.6 is 11.6 Å². The fraction of sp³-hybridized carbons (Fsp3) is 0.167. The summed E-state index contributed by atoms with van der Waals surface area (Å²) in [5.41, 5.74) is 6.60. The van der Waals surface area contributed by atoms with Gasteiger partial charge >= 0.3 is 0 Å². The van der Waals surface area contributed by atoms with Crippen LogP contribution in [0.5, 0.6) is 0 Å². The topological polar surface area (TPSA) is 15.8 Å². The maximum Gasteiger partial charge on any atom is 0.0648 e. The van der Waals surface area contributed by atoms with Gasteiger partial charge in [-0.1, -0.05) is 84.4 Å². The van der Waals surface area contributed by atoms with Crippen LogP contribution in [-0.4, -0.2) is 4.98 Å². The molecule has 128 valence electrons. The maximum absolute atomic E-state index is 6.53. The Labute approximate surface area is 158 Å². The van der Waals surface area contributed by atoms with Crippen molar-refractivity contribution < 1.29 is 0 Å². The third-order valence-electron chi connectivity index (χ3n) is 5.70. The predicted molar refractivity (Wildman–Crippen MR) is 109 cm³/mol. The number of nitrogens with one attached hydrogen (secondary N) is 1. The van der Waals surface area contributed by atoms with Crippen LogP contribution in [0.3, 0.4) is 0 Å². The van der Waals surface area contributed by atoms with Gasteiger partial charge in [-0.05, 0) is 35.6 Å². The van der Waals surface area contributed by atoms with Gasteiger partial charge in [0.15, 0.2) is 0 Å². The van der Waals surface area contributed by atoms with Crippen LogP contribution in [0.25, 0.3) is 10.9 Å². The van der Waals surface area contributed by atoms with E-state index in [2.05, 4.69) is 77.8 Å². The molecule has 0 spiro atoms. The maximum atomic E-state index is 6.53. The van der Waals surface area contributed by atoms with Gasteiger partial charge in [0.25, 0.3) is 0 Å². The molecule has 0 bridgehead atoms. The summed E-state index contributed by atoms with van der Waals surface area (Å²) in [5.74, 6) is 0.813. The molecule has 5 rings (SSSR count). The van der Waals surface area contributed by atoms with E-state index < -0.39 is 0 Å². The van der Waals surface area contributed by atoms with Crippen molar-refractivity contribution in [3.8, 4) is 0 Å². The first kappa shape index (κ1) is 15.7. The summed E-state index contributed by atoms with van der Waals surface area (Å²) in [6, 6.07) is 27.9. The SMILES string of the molecule is Clc1cccc2c3c([nH]c12)C(c1ccccc1)CCC3c1ccccc1. The number of rotatable bonds is 2. The van der Waals surface area contributed by atoms with Gasteiger partial charge in [0.05, 0.1) is 10.5 Å². The number of fused-ring (bicyclic) bond motifs is 3. The Kier molecular flexibility index (Phi) is 3.83. The van der Waals surface area contributed by atoms with Crippen LogP contribution in [0.15, 0.2) is 78.9 Å². The molecule has 2 heteroatoms. The highest BCUT2D eigenvalue weighted by atomic mass is 35.5. The van der Waals surface area contributed by atoms with Crippen molar-refractivity contribution in [2.45, 2.75) is 24.7 Å². The van der Waals surface area contributed by atoms with E-state index in [0.29, 0.717) is 11.8 Å². The highest BCUT2D eigenvalue weighted by Gasteiger charge is 2.32. The third-order valence-corrected chi connectivity index (χ3v) is 6.01. The average Bonchev–Trinajstić information content (AvgIpc) is 3.10. The van der Waals surface area contributed by atoms with Crippen molar-refractivity contribution in [3.05, 3.63) is 106 Å². The fourth-order valence-corrected chi connectivity index (χ4v) is 4.75. The summed E-state index contributed by atoms with van der Waals surface area (Å²) in [6.07, 6.45) is 2.29. The molecule has 0 saturated heterocycles. The van der Waals surface area contributed by atoms with E-state index >= 15 is 0 Å². The van der Waals surface area contributed by atoms with Crippen molar-refractivity contribution >= 4 is 22.5 Å². The Bertz CT molecular complexity index is 1050. The molecular formula is C24H20ClN. The molecule has 1 N–H and O–H groups in total. The molecule has 0 saturated carbocycles. The quantitative estimate of drug-likeness (QED) is 0.402. The largest absolute Gasteiger partial charge is 0.356 e. The number of para-hydroxylation sites is 1. The van der Waals surface area contributed by atoms with Crippen LogP contribution < -0.4 is 0 Å². The summed E-state index contributed by atoms with van der Waals surface area (Å²) in [4.78, 5) is 3.70. The molecule has 1 aromatic heterocycles. The van der Waals surface area contributed by atoms with Crippen molar-refractivity contribution in [1.29, 1.82) is 0 Å². The summed E-state index contributed by atoms with van der Waals surface area (Å²) in [6.45, 7) is 0. The summed E-state index contributed by atoms with van der Waals surface area (Å²) in [5, 5.41) is 2.07. The molecule has 1 heterocycles. The Balaban J connectivity index is 1.75. The standard InChI is InChI=1S/C24H20ClN/c25-21-13-7-12-20-22-18(16-8-3-1-4-9-16)14-15-19(24(22)26-23(20)21)17-10-5-2-6-11-17/h1-13,18-19,26H,14-15H2. The molecule has 0 aliphatic heterocycles. The molecule has 1 nitrogen and oxygen atoms in total. The number of halogens is 1. The zero-order valence-electron chi connectivity index (χ0n) is 14.5. The minimum atomic E-state index is 0.398. The van der Waals surface area contributed by atoms with E-state index in [1.165, 1.54) is 27.8 Å². The van der Waals surface area contributed by atoms with E-state index in [0.717, 1.165) is 23.4 Å². The molecule has 26 heavy (non-hydrogen) atoms. The second-order valence-corrected chi connectivity index (χ2v) is 7.53. The number of hydrogen-bond acceptors (Lipinski definition) is 0. The van der Waals surface area contributed by atoms with Gasteiger partial charge in [-0.15, -0.1) is 0 Å². The van der Waals surface area contributed by atoms with Gasteiger partial charge in [0, 0.05) is 22.9 Å². The van der Waals surface area contributed by atoms with Gasteiger partial charge in [0.1, 0.15) is 0 Å². The lowest BCUT2D eigenvalue weighted by Crippen LogP contribution is -2.15. The van der Waals surface area contributed by atoms with Crippen molar-refractivity contribution in [2.75, 3.05) is 0 Å². The van der Waals surface area contributed by atoms with E-state index in [1.807, 2.05) is 6.07 Å². The Morgan fingerprint density at radius 2 is 1.31 bits per heavy atom. The van der Waals surface area contributed by atoms with Crippen molar-refractivity contribution in [3.63, 3.8) is 0 Å². The second kappa shape index (κ2) is 6.34. The third kappa shape index (κ3) is 2.47. The number of benzene rings is 3. The Morgan fingerprint density at radius 3 is 2.00 bits per heavy atom. The van der Waals surface area contributed by atoms with E-state index in [9.17, 15) is 0 Å². The minimum absolute atomic E-state index is 0.398. The average molecular weight is 358 g/mol. The lowest BCUT2D eigenvalue weighted by atomic mass is 9.74. The normalized spacial score (nSPS) is 19.4. The van der Waals surface area contributed by atoms with E-state index in [-0.39, 0.29) is 0 Å². The molecule has 4 aromatic rings. The summed E-state index contributed by atoms with van der Waals surface area (Å²) < 4.78 is 0. The van der Waals surface area contributed by atoms with Gasteiger partial charge in [0.2, 0.25) is 0 Å². The number of aromatic nitrogens is 1. The van der Waals surface area contributed by atoms with Gasteiger partial charge < -0.3 is 4.98 Å². The monoisotopic (exact) mass is 357 g/mol. The Hall–Kier alpha value is -2.51. The molecule has 1 aliphatic rings. The molecule has 2 atom stereocenters. The number of H-pyrrole nitrogens is 1. The lowest BCUT2D eigenvalue weighted by molar-refractivity contribution is 0.561. The highest BCUT2D eigenvalue weighted by molar-refractivity contribution is 6.35. The molecule has 3 aromatic carbocycles. The molecule has 1 aliphatic carbocycles. The minimum Gasteiger partial charge on any atom is -0.356 e. The zero-order chi connectivity index (χ0) is 17.5. The number of aromatic amines is 1. The molecule has 0 amide bonds. The van der Waals surface area contributed by atoms with Crippen LogP contribution in [0, 0.1) is 0 Å². The zero-order valence-corrected chi connectivity index (χ0v) is 15.2. The first-order valence-electron chi connectivity index (χ1n) is 9.23.